The molecule has 1 aromatic carbocycles. The number of carboxylic acid groups (broad SMARTS) is 1. The van der Waals surface area contributed by atoms with Gasteiger partial charge in [0.2, 0.25) is 0 Å². The second-order valence-electron chi connectivity index (χ2n) is 4.94. The molecule has 0 bridgehead atoms. The molecule has 92 valence electrons. The summed E-state index contributed by atoms with van der Waals surface area (Å²) in [7, 11) is 0. The van der Waals surface area contributed by atoms with Crippen LogP contribution in [-0.4, -0.2) is 17.6 Å². The van der Waals surface area contributed by atoms with E-state index in [1.165, 1.54) is 11.1 Å². The number of carbonyl (C=O) groups is 1. The number of aliphatic carboxylic acids is 1. The van der Waals surface area contributed by atoms with Gasteiger partial charge in [0.05, 0.1) is 5.92 Å². The summed E-state index contributed by atoms with van der Waals surface area (Å²) in [5.41, 5.74) is 3.49. The fourth-order valence-electron chi connectivity index (χ4n) is 2.69. The minimum atomic E-state index is -0.693. The van der Waals surface area contributed by atoms with Gasteiger partial charge < -0.3 is 10.4 Å². The Morgan fingerprint density at radius 3 is 2.53 bits per heavy atom. The van der Waals surface area contributed by atoms with E-state index in [2.05, 4.69) is 37.4 Å². The van der Waals surface area contributed by atoms with E-state index >= 15 is 0 Å². The second-order valence-corrected chi connectivity index (χ2v) is 4.94. The molecule has 0 spiro atoms. The molecule has 1 aliphatic heterocycles. The standard InChI is InChI=1S/C14H19NO2/c1-9-6-10(2)8-11(7-9)13-12(14(16)17)4-3-5-15-13/h6-8,12-13,15H,3-5H2,1-2H3,(H,16,17). The zero-order chi connectivity index (χ0) is 12.4. The van der Waals surface area contributed by atoms with E-state index < -0.39 is 5.97 Å². The molecule has 1 heterocycles. The highest BCUT2D eigenvalue weighted by Crippen LogP contribution is 2.30. The summed E-state index contributed by atoms with van der Waals surface area (Å²) in [6.45, 7) is 5.01. The van der Waals surface area contributed by atoms with Crippen molar-refractivity contribution in [2.24, 2.45) is 5.92 Å². The van der Waals surface area contributed by atoms with Crippen molar-refractivity contribution in [3.05, 3.63) is 34.9 Å². The van der Waals surface area contributed by atoms with Gasteiger partial charge in [-0.15, -0.1) is 0 Å². The van der Waals surface area contributed by atoms with Crippen LogP contribution < -0.4 is 5.32 Å². The molecule has 0 aliphatic carbocycles. The molecule has 1 fully saturated rings. The van der Waals surface area contributed by atoms with Crippen molar-refractivity contribution in [1.82, 2.24) is 5.32 Å². The molecule has 2 rings (SSSR count). The molecule has 2 atom stereocenters. The zero-order valence-electron chi connectivity index (χ0n) is 10.4. The molecule has 3 nitrogen and oxygen atoms in total. The number of carboxylic acids is 1. The van der Waals surface area contributed by atoms with Crippen LogP contribution in [0.3, 0.4) is 0 Å². The topological polar surface area (TPSA) is 49.3 Å². The van der Waals surface area contributed by atoms with Crippen LogP contribution in [-0.2, 0) is 4.79 Å². The van der Waals surface area contributed by atoms with E-state index in [1.54, 1.807) is 0 Å². The Hall–Kier alpha value is -1.35. The molecule has 1 aromatic rings. The van der Waals surface area contributed by atoms with Crippen LogP contribution in [0.4, 0.5) is 0 Å². The third kappa shape index (κ3) is 2.67. The first kappa shape index (κ1) is 12.1. The number of rotatable bonds is 2. The van der Waals surface area contributed by atoms with Crippen molar-refractivity contribution in [3.8, 4) is 0 Å². The quantitative estimate of drug-likeness (QED) is 0.824. The van der Waals surface area contributed by atoms with Crippen LogP contribution in [0.2, 0.25) is 0 Å². The highest BCUT2D eigenvalue weighted by molar-refractivity contribution is 5.71. The van der Waals surface area contributed by atoms with Crippen LogP contribution in [0.1, 0.15) is 35.6 Å². The van der Waals surface area contributed by atoms with Gasteiger partial charge in [0.1, 0.15) is 0 Å². The first-order valence-corrected chi connectivity index (χ1v) is 6.12. The highest BCUT2D eigenvalue weighted by atomic mass is 16.4. The van der Waals surface area contributed by atoms with Crippen molar-refractivity contribution >= 4 is 5.97 Å². The van der Waals surface area contributed by atoms with E-state index in [-0.39, 0.29) is 12.0 Å². The molecule has 0 saturated carbocycles. The largest absolute Gasteiger partial charge is 0.481 e. The van der Waals surface area contributed by atoms with Gasteiger partial charge in [0.25, 0.3) is 0 Å². The van der Waals surface area contributed by atoms with E-state index in [1.807, 2.05) is 0 Å². The summed E-state index contributed by atoms with van der Waals surface area (Å²) in [6.07, 6.45) is 1.71. The zero-order valence-corrected chi connectivity index (χ0v) is 10.4. The Labute approximate surface area is 102 Å². The van der Waals surface area contributed by atoms with Crippen molar-refractivity contribution in [1.29, 1.82) is 0 Å². The highest BCUT2D eigenvalue weighted by Gasteiger charge is 2.31. The predicted octanol–water partition coefficient (Wildman–Crippen LogP) is 2.43. The average Bonchev–Trinajstić information content (AvgIpc) is 2.27. The lowest BCUT2D eigenvalue weighted by molar-refractivity contribution is -0.143. The predicted molar refractivity (Wildman–Crippen MR) is 67.0 cm³/mol. The van der Waals surface area contributed by atoms with Gasteiger partial charge in [0, 0.05) is 6.04 Å². The van der Waals surface area contributed by atoms with Gasteiger partial charge in [-0.2, -0.15) is 0 Å². The molecule has 2 unspecified atom stereocenters. The molecule has 0 aromatic heterocycles. The minimum absolute atomic E-state index is 0.0418. The van der Waals surface area contributed by atoms with Gasteiger partial charge in [-0.25, -0.2) is 0 Å². The van der Waals surface area contributed by atoms with Crippen LogP contribution in [0, 0.1) is 19.8 Å². The molecule has 0 radical (unpaired) electrons. The molecule has 1 saturated heterocycles. The van der Waals surface area contributed by atoms with Gasteiger partial charge >= 0.3 is 5.97 Å². The number of hydrogen-bond acceptors (Lipinski definition) is 2. The van der Waals surface area contributed by atoms with Crippen LogP contribution in [0.15, 0.2) is 18.2 Å². The maximum Gasteiger partial charge on any atom is 0.308 e. The van der Waals surface area contributed by atoms with E-state index in [0.717, 1.165) is 24.9 Å². The maximum atomic E-state index is 11.3. The lowest BCUT2D eigenvalue weighted by atomic mass is 9.85. The number of aryl methyl sites for hydroxylation is 2. The Morgan fingerprint density at radius 1 is 1.29 bits per heavy atom. The number of benzene rings is 1. The molecular weight excluding hydrogens is 214 g/mol. The molecule has 17 heavy (non-hydrogen) atoms. The normalized spacial score (nSPS) is 24.6. The SMILES string of the molecule is Cc1cc(C)cc(C2NCCCC2C(=O)O)c1. The van der Waals surface area contributed by atoms with E-state index in [0.29, 0.717) is 0 Å². The Balaban J connectivity index is 2.32. The van der Waals surface area contributed by atoms with E-state index in [4.69, 9.17) is 0 Å². The summed E-state index contributed by atoms with van der Waals surface area (Å²) in [4.78, 5) is 11.3. The second kappa shape index (κ2) is 4.88. The van der Waals surface area contributed by atoms with Gasteiger partial charge in [-0.05, 0) is 38.8 Å². The molecule has 2 N–H and O–H groups in total. The van der Waals surface area contributed by atoms with Crippen LogP contribution in [0.25, 0.3) is 0 Å². The van der Waals surface area contributed by atoms with Crippen LogP contribution >= 0.6 is 0 Å². The van der Waals surface area contributed by atoms with E-state index in [9.17, 15) is 9.90 Å². The van der Waals surface area contributed by atoms with Gasteiger partial charge in [0.15, 0.2) is 0 Å². The fourth-order valence-corrected chi connectivity index (χ4v) is 2.69. The lowest BCUT2D eigenvalue weighted by Gasteiger charge is -2.30. The third-order valence-electron chi connectivity index (χ3n) is 3.38. The summed E-state index contributed by atoms with van der Waals surface area (Å²) in [6, 6.07) is 6.25. The summed E-state index contributed by atoms with van der Waals surface area (Å²) in [5, 5.41) is 12.6. The Morgan fingerprint density at radius 2 is 1.94 bits per heavy atom. The number of hydrogen-bond donors (Lipinski definition) is 2. The molecular formula is C14H19NO2. The molecule has 3 heteroatoms. The number of piperidine rings is 1. The van der Waals surface area contributed by atoms with Gasteiger partial charge in [-0.1, -0.05) is 29.3 Å². The Bertz CT molecular complexity index is 408. The monoisotopic (exact) mass is 233 g/mol. The Kier molecular flexibility index (Phi) is 3.48. The first-order chi connectivity index (χ1) is 8.08. The van der Waals surface area contributed by atoms with Crippen molar-refractivity contribution in [2.75, 3.05) is 6.54 Å². The first-order valence-electron chi connectivity index (χ1n) is 6.12. The van der Waals surface area contributed by atoms with Crippen molar-refractivity contribution < 1.29 is 9.90 Å². The van der Waals surface area contributed by atoms with Gasteiger partial charge in [-0.3, -0.25) is 4.79 Å². The van der Waals surface area contributed by atoms with Crippen molar-refractivity contribution in [3.63, 3.8) is 0 Å². The minimum Gasteiger partial charge on any atom is -0.481 e. The lowest BCUT2D eigenvalue weighted by Crippen LogP contribution is -2.38. The smallest absolute Gasteiger partial charge is 0.308 e. The molecule has 0 amide bonds. The summed E-state index contributed by atoms with van der Waals surface area (Å²) < 4.78 is 0. The summed E-state index contributed by atoms with van der Waals surface area (Å²) >= 11 is 0. The molecule has 1 aliphatic rings. The third-order valence-corrected chi connectivity index (χ3v) is 3.38. The summed E-state index contributed by atoms with van der Waals surface area (Å²) in [5.74, 6) is -0.994. The van der Waals surface area contributed by atoms with Crippen LogP contribution in [0.5, 0.6) is 0 Å². The average molecular weight is 233 g/mol. The fraction of sp³-hybridized carbons (Fsp3) is 0.500. The maximum absolute atomic E-state index is 11.3. The van der Waals surface area contributed by atoms with Crippen molar-refractivity contribution in [2.45, 2.75) is 32.7 Å². The number of nitrogens with one attached hydrogen (secondary N) is 1.